The van der Waals surface area contributed by atoms with Crippen LogP contribution in [0.4, 0.5) is 0 Å². The second-order valence-corrected chi connectivity index (χ2v) is 19.8. The van der Waals surface area contributed by atoms with Gasteiger partial charge in [0.2, 0.25) is 0 Å². The molecule has 0 aromatic rings. The number of unbranched alkanes of at least 4 members (excludes halogenated alkanes) is 21. The zero-order valence-electron chi connectivity index (χ0n) is 48.5. The van der Waals surface area contributed by atoms with Crippen LogP contribution in [0.2, 0.25) is 0 Å². The maximum Gasteiger partial charge on any atom is 0.306 e. The monoisotopic (exact) mass is 1040 g/mol. The minimum atomic E-state index is -0.830. The molecule has 0 N–H and O–H groups in total. The molecule has 0 aliphatic carbocycles. The zero-order valence-corrected chi connectivity index (χ0v) is 48.5. The van der Waals surface area contributed by atoms with Gasteiger partial charge in [-0.25, -0.2) is 0 Å². The molecule has 0 aliphatic rings. The highest BCUT2D eigenvalue weighted by molar-refractivity contribution is 5.71. The van der Waals surface area contributed by atoms with Crippen LogP contribution in [0.15, 0.2) is 134 Å². The number of ether oxygens (including phenoxy) is 3. The van der Waals surface area contributed by atoms with E-state index < -0.39 is 12.1 Å². The number of hydrogen-bond acceptors (Lipinski definition) is 6. The van der Waals surface area contributed by atoms with Crippen molar-refractivity contribution in [2.75, 3.05) is 13.2 Å². The number of esters is 3. The largest absolute Gasteiger partial charge is 0.462 e. The first-order chi connectivity index (χ1) is 37.0. The highest BCUT2D eigenvalue weighted by Gasteiger charge is 2.19. The molecule has 1 atom stereocenters. The van der Waals surface area contributed by atoms with Gasteiger partial charge in [0.1, 0.15) is 13.2 Å². The lowest BCUT2D eigenvalue weighted by molar-refractivity contribution is -0.166. The van der Waals surface area contributed by atoms with E-state index in [1.54, 1.807) is 0 Å². The molecule has 0 saturated heterocycles. The first-order valence-corrected chi connectivity index (χ1v) is 30.7. The zero-order chi connectivity index (χ0) is 54.3. The molecule has 0 spiro atoms. The van der Waals surface area contributed by atoms with Crippen molar-refractivity contribution in [2.24, 2.45) is 0 Å². The summed E-state index contributed by atoms with van der Waals surface area (Å²) in [6, 6.07) is 0. The lowest BCUT2D eigenvalue weighted by Crippen LogP contribution is -2.30. The Morgan fingerprint density at radius 1 is 0.280 bits per heavy atom. The number of carbonyl (C=O) groups is 3. The Morgan fingerprint density at radius 2 is 0.547 bits per heavy atom. The van der Waals surface area contributed by atoms with Gasteiger partial charge in [-0.15, -0.1) is 0 Å². The molecule has 0 bridgehead atoms. The fraction of sp³-hybridized carbons (Fsp3) is 0.638. The van der Waals surface area contributed by atoms with Crippen LogP contribution in [0.25, 0.3) is 0 Å². The smallest absolute Gasteiger partial charge is 0.306 e. The average molecular weight is 1040 g/mol. The third-order valence-electron chi connectivity index (χ3n) is 12.6. The van der Waals surface area contributed by atoms with E-state index in [-0.39, 0.29) is 31.6 Å². The Bertz CT molecular complexity index is 1620. The van der Waals surface area contributed by atoms with Crippen molar-refractivity contribution in [3.63, 3.8) is 0 Å². The second-order valence-electron chi connectivity index (χ2n) is 19.8. The summed E-state index contributed by atoms with van der Waals surface area (Å²) in [6.45, 7) is 6.34. The molecule has 0 rings (SSSR count). The summed E-state index contributed by atoms with van der Waals surface area (Å²) in [5.74, 6) is -1.01. The van der Waals surface area contributed by atoms with Crippen LogP contribution in [-0.4, -0.2) is 37.2 Å². The predicted molar refractivity (Wildman–Crippen MR) is 325 cm³/mol. The molecular weight excluding hydrogens is 925 g/mol. The van der Waals surface area contributed by atoms with Crippen LogP contribution in [0.1, 0.15) is 265 Å². The van der Waals surface area contributed by atoms with E-state index >= 15 is 0 Å². The number of rotatable bonds is 54. The SMILES string of the molecule is CC/C=C\C/C=C\C/C=C\C/C=C\C/C=C\C/C=C\CCC(=O)OC(COC(=O)CCCCCCCCC/C=C\CCCCCCCC)COC(=O)CCCCCCCCCC/C=C\C/C=C\C/C=C\C/C=C\CC. The summed E-state index contributed by atoms with van der Waals surface area (Å²) in [4.78, 5) is 38.3. The van der Waals surface area contributed by atoms with Gasteiger partial charge in [0.05, 0.1) is 0 Å². The minimum absolute atomic E-state index is 0.116. The van der Waals surface area contributed by atoms with Gasteiger partial charge in [0.15, 0.2) is 6.10 Å². The Morgan fingerprint density at radius 3 is 0.880 bits per heavy atom. The molecule has 0 saturated carbocycles. The molecule has 0 aromatic heterocycles. The molecule has 0 fully saturated rings. The Labute approximate surface area is 462 Å². The quantitative estimate of drug-likeness (QED) is 0.0261. The molecule has 0 aliphatic heterocycles. The molecule has 0 aromatic carbocycles. The third kappa shape index (κ3) is 60.3. The van der Waals surface area contributed by atoms with E-state index in [1.807, 2.05) is 6.08 Å². The van der Waals surface area contributed by atoms with Crippen molar-refractivity contribution < 1.29 is 28.6 Å². The van der Waals surface area contributed by atoms with Crippen molar-refractivity contribution in [3.05, 3.63) is 134 Å². The summed E-state index contributed by atoms with van der Waals surface area (Å²) < 4.78 is 16.8. The van der Waals surface area contributed by atoms with E-state index in [0.29, 0.717) is 19.3 Å². The van der Waals surface area contributed by atoms with E-state index in [9.17, 15) is 14.4 Å². The van der Waals surface area contributed by atoms with Crippen molar-refractivity contribution >= 4 is 17.9 Å². The number of hydrogen-bond donors (Lipinski definition) is 0. The van der Waals surface area contributed by atoms with Crippen molar-refractivity contribution in [3.8, 4) is 0 Å². The van der Waals surface area contributed by atoms with Crippen molar-refractivity contribution in [1.82, 2.24) is 0 Å². The first kappa shape index (κ1) is 70.5. The average Bonchev–Trinajstić information content (AvgIpc) is 3.41. The highest BCUT2D eigenvalue weighted by atomic mass is 16.6. The van der Waals surface area contributed by atoms with E-state index in [0.717, 1.165) is 109 Å². The van der Waals surface area contributed by atoms with Gasteiger partial charge in [0.25, 0.3) is 0 Å². The minimum Gasteiger partial charge on any atom is -0.462 e. The summed E-state index contributed by atoms with van der Waals surface area (Å²) in [5, 5.41) is 0. The van der Waals surface area contributed by atoms with Gasteiger partial charge < -0.3 is 14.2 Å². The molecule has 0 radical (unpaired) electrons. The van der Waals surface area contributed by atoms with Crippen LogP contribution in [-0.2, 0) is 28.6 Å². The molecule has 6 nitrogen and oxygen atoms in total. The third-order valence-corrected chi connectivity index (χ3v) is 12.6. The van der Waals surface area contributed by atoms with Gasteiger partial charge in [-0.2, -0.15) is 0 Å². The molecule has 1 unspecified atom stereocenters. The van der Waals surface area contributed by atoms with Gasteiger partial charge in [-0.3, -0.25) is 14.4 Å². The first-order valence-electron chi connectivity index (χ1n) is 30.7. The summed E-state index contributed by atoms with van der Waals surface area (Å²) in [7, 11) is 0. The topological polar surface area (TPSA) is 78.9 Å². The number of allylic oxidation sites excluding steroid dienone is 22. The molecule has 0 amide bonds. The Kier molecular flexibility index (Phi) is 58.4. The fourth-order valence-electron chi connectivity index (χ4n) is 8.10. The maximum absolute atomic E-state index is 12.9. The normalized spacial score (nSPS) is 13.1. The fourth-order valence-corrected chi connectivity index (χ4v) is 8.10. The van der Waals surface area contributed by atoms with Gasteiger partial charge >= 0.3 is 17.9 Å². The van der Waals surface area contributed by atoms with Crippen LogP contribution in [0.5, 0.6) is 0 Å². The van der Waals surface area contributed by atoms with Crippen LogP contribution < -0.4 is 0 Å². The molecule has 6 heteroatoms. The summed E-state index contributed by atoms with van der Waals surface area (Å²) in [6.07, 6.45) is 87.4. The van der Waals surface area contributed by atoms with Crippen molar-refractivity contribution in [1.29, 1.82) is 0 Å². The van der Waals surface area contributed by atoms with E-state index in [4.69, 9.17) is 14.2 Å². The lowest BCUT2D eigenvalue weighted by atomic mass is 10.1. The highest BCUT2D eigenvalue weighted by Crippen LogP contribution is 2.14. The lowest BCUT2D eigenvalue weighted by Gasteiger charge is -2.18. The Balaban J connectivity index is 4.52. The summed E-state index contributed by atoms with van der Waals surface area (Å²) >= 11 is 0. The van der Waals surface area contributed by atoms with Crippen LogP contribution in [0.3, 0.4) is 0 Å². The van der Waals surface area contributed by atoms with Crippen LogP contribution in [0, 0.1) is 0 Å². The summed E-state index contributed by atoms with van der Waals surface area (Å²) in [5.41, 5.74) is 0. The molecule has 424 valence electrons. The molecular formula is C69H112O6. The second kappa shape index (κ2) is 62.1. The molecule has 0 heterocycles. The van der Waals surface area contributed by atoms with Gasteiger partial charge in [-0.05, 0) is 122 Å². The maximum atomic E-state index is 12.9. The standard InChI is InChI=1S/C69H112O6/c1-4-7-10-13-16-19-22-25-28-31-33-34-36-38-41-44-47-50-53-56-59-62-68(71)74-65-66(64-73-67(70)61-58-55-52-49-46-43-40-37-30-27-24-21-18-15-12-9-6-3)75-69(72)63-60-57-54-51-48-45-42-39-35-32-29-26-23-20-17-14-11-8-5-2/h7-8,10-11,16-17,19-20,25-30,33-35,39,45,48,54,57,66H,4-6,9,12-15,18,21-24,31-32,36-38,40-44,46-47,49-53,55-56,58-65H2,1-3H3/b10-7-,11-8-,19-16-,20-17-,28-25-,29-26-,30-27-,34-33-,39-35-,48-45-,57-54-. The van der Waals surface area contributed by atoms with Gasteiger partial charge in [-0.1, -0.05) is 257 Å². The van der Waals surface area contributed by atoms with Crippen LogP contribution >= 0.6 is 0 Å². The Hall–Kier alpha value is -4.45. The molecule has 75 heavy (non-hydrogen) atoms. The van der Waals surface area contributed by atoms with Crippen molar-refractivity contribution in [2.45, 2.75) is 271 Å². The number of carbonyl (C=O) groups excluding carboxylic acids is 3. The van der Waals surface area contributed by atoms with E-state index in [2.05, 4.69) is 148 Å². The predicted octanol–water partition coefficient (Wildman–Crippen LogP) is 21.0. The van der Waals surface area contributed by atoms with Gasteiger partial charge in [0, 0.05) is 19.3 Å². The van der Waals surface area contributed by atoms with E-state index in [1.165, 1.54) is 109 Å².